The van der Waals surface area contributed by atoms with Gasteiger partial charge in [-0.25, -0.2) is 4.98 Å². The summed E-state index contributed by atoms with van der Waals surface area (Å²) in [7, 11) is 2.01. The second kappa shape index (κ2) is 4.13. The Labute approximate surface area is 67.4 Å². The van der Waals surface area contributed by atoms with E-state index in [1.54, 1.807) is 0 Å². The maximum absolute atomic E-state index is 4.19. The number of hydrogen-bond donors (Lipinski definition) is 1. The fourth-order valence-corrected chi connectivity index (χ4v) is 0.944. The summed E-state index contributed by atoms with van der Waals surface area (Å²) in [5.74, 6) is 1.10. The molecule has 0 fully saturated rings. The molecule has 0 radical (unpaired) electrons. The lowest BCUT2D eigenvalue weighted by Crippen LogP contribution is -2.16. The Kier molecular flexibility index (Phi) is 3.11. The molecule has 3 nitrogen and oxygen atoms in total. The van der Waals surface area contributed by atoms with Crippen LogP contribution in [0.15, 0.2) is 12.4 Å². The van der Waals surface area contributed by atoms with Crippen molar-refractivity contribution in [2.45, 2.75) is 19.9 Å². The summed E-state index contributed by atoms with van der Waals surface area (Å²) in [6.45, 7) is 4.09. The Morgan fingerprint density at radius 2 is 2.45 bits per heavy atom. The van der Waals surface area contributed by atoms with Gasteiger partial charge < -0.3 is 9.88 Å². The van der Waals surface area contributed by atoms with Gasteiger partial charge in [-0.15, -0.1) is 0 Å². The number of aromatic nitrogens is 2. The molecule has 1 aromatic heterocycles. The Morgan fingerprint density at radius 3 is 3.00 bits per heavy atom. The highest BCUT2D eigenvalue weighted by molar-refractivity contribution is 4.89. The van der Waals surface area contributed by atoms with Gasteiger partial charge in [0.1, 0.15) is 5.82 Å². The normalized spacial score (nSPS) is 10.4. The topological polar surface area (TPSA) is 29.9 Å². The zero-order chi connectivity index (χ0) is 8.10. The first-order valence-corrected chi connectivity index (χ1v) is 4.01. The third-order valence-electron chi connectivity index (χ3n) is 1.63. The van der Waals surface area contributed by atoms with E-state index in [2.05, 4.69) is 17.2 Å². The summed E-state index contributed by atoms with van der Waals surface area (Å²) in [4.78, 5) is 4.19. The number of aryl methyl sites for hydroxylation is 1. The smallest absolute Gasteiger partial charge is 0.122 e. The molecule has 11 heavy (non-hydrogen) atoms. The number of rotatable bonds is 4. The molecule has 1 aromatic rings. The maximum atomic E-state index is 4.19. The predicted molar refractivity (Wildman–Crippen MR) is 45.2 cm³/mol. The third kappa shape index (κ3) is 2.35. The summed E-state index contributed by atoms with van der Waals surface area (Å²) in [6, 6.07) is 0. The molecule has 0 unspecified atom stereocenters. The highest BCUT2D eigenvalue weighted by Crippen LogP contribution is 1.92. The minimum absolute atomic E-state index is 0.872. The summed E-state index contributed by atoms with van der Waals surface area (Å²) >= 11 is 0. The zero-order valence-electron chi connectivity index (χ0n) is 7.17. The SMILES string of the molecule is CCCNCc1nccn1C. The van der Waals surface area contributed by atoms with Gasteiger partial charge in [0.25, 0.3) is 0 Å². The first-order chi connectivity index (χ1) is 5.34. The van der Waals surface area contributed by atoms with Crippen molar-refractivity contribution in [1.29, 1.82) is 0 Å². The third-order valence-corrected chi connectivity index (χ3v) is 1.63. The Hall–Kier alpha value is -0.830. The van der Waals surface area contributed by atoms with Crippen LogP contribution in [0.3, 0.4) is 0 Å². The summed E-state index contributed by atoms with van der Waals surface area (Å²) in [5, 5.41) is 3.29. The van der Waals surface area contributed by atoms with Crippen LogP contribution in [0.2, 0.25) is 0 Å². The molecule has 0 amide bonds. The molecular formula is C8H15N3. The first-order valence-electron chi connectivity index (χ1n) is 4.01. The molecule has 0 saturated heterocycles. The molecule has 0 aliphatic carbocycles. The van der Waals surface area contributed by atoms with Crippen molar-refractivity contribution in [2.75, 3.05) is 6.54 Å². The van der Waals surface area contributed by atoms with E-state index in [4.69, 9.17) is 0 Å². The second-order valence-electron chi connectivity index (χ2n) is 2.63. The van der Waals surface area contributed by atoms with Gasteiger partial charge in [-0.1, -0.05) is 6.92 Å². The van der Waals surface area contributed by atoms with Crippen LogP contribution in [0.4, 0.5) is 0 Å². The summed E-state index contributed by atoms with van der Waals surface area (Å²) < 4.78 is 2.03. The average molecular weight is 153 g/mol. The van der Waals surface area contributed by atoms with E-state index < -0.39 is 0 Å². The van der Waals surface area contributed by atoms with Crippen LogP contribution in [0.5, 0.6) is 0 Å². The van der Waals surface area contributed by atoms with Gasteiger partial charge in [0, 0.05) is 19.4 Å². The average Bonchev–Trinajstić information content (AvgIpc) is 2.37. The van der Waals surface area contributed by atoms with Gasteiger partial charge >= 0.3 is 0 Å². The zero-order valence-corrected chi connectivity index (χ0v) is 7.17. The quantitative estimate of drug-likeness (QED) is 0.652. The highest BCUT2D eigenvalue weighted by Gasteiger charge is 1.95. The second-order valence-corrected chi connectivity index (χ2v) is 2.63. The van der Waals surface area contributed by atoms with E-state index in [9.17, 15) is 0 Å². The van der Waals surface area contributed by atoms with Crippen LogP contribution in [0, 0.1) is 0 Å². The molecular weight excluding hydrogens is 138 g/mol. The van der Waals surface area contributed by atoms with E-state index in [1.165, 1.54) is 6.42 Å². The molecule has 62 valence electrons. The minimum Gasteiger partial charge on any atom is -0.337 e. The lowest BCUT2D eigenvalue weighted by Gasteiger charge is -2.01. The molecule has 0 bridgehead atoms. The lowest BCUT2D eigenvalue weighted by atomic mass is 10.4. The monoisotopic (exact) mass is 153 g/mol. The molecule has 0 aliphatic rings. The van der Waals surface area contributed by atoms with Crippen molar-refractivity contribution < 1.29 is 0 Å². The molecule has 1 rings (SSSR count). The summed E-state index contributed by atoms with van der Waals surface area (Å²) in [5.41, 5.74) is 0. The van der Waals surface area contributed by atoms with E-state index in [1.807, 2.05) is 24.0 Å². The lowest BCUT2D eigenvalue weighted by molar-refractivity contribution is 0.630. The fourth-order valence-electron chi connectivity index (χ4n) is 0.944. The molecule has 0 saturated carbocycles. The van der Waals surface area contributed by atoms with E-state index in [0.717, 1.165) is 18.9 Å². The van der Waals surface area contributed by atoms with Gasteiger partial charge in [-0.2, -0.15) is 0 Å². The highest BCUT2D eigenvalue weighted by atomic mass is 15.1. The van der Waals surface area contributed by atoms with Crippen LogP contribution in [-0.4, -0.2) is 16.1 Å². The van der Waals surface area contributed by atoms with Gasteiger partial charge in [-0.3, -0.25) is 0 Å². The van der Waals surface area contributed by atoms with Gasteiger partial charge in [0.15, 0.2) is 0 Å². The molecule has 1 N–H and O–H groups in total. The standard InChI is InChI=1S/C8H15N3/c1-3-4-9-7-8-10-5-6-11(8)2/h5-6,9H,3-4,7H2,1-2H3. The summed E-state index contributed by atoms with van der Waals surface area (Å²) in [6.07, 6.45) is 4.95. The number of imidazole rings is 1. The van der Waals surface area contributed by atoms with Crippen molar-refractivity contribution in [1.82, 2.24) is 14.9 Å². The Bertz CT molecular complexity index is 205. The van der Waals surface area contributed by atoms with Gasteiger partial charge in [-0.05, 0) is 13.0 Å². The van der Waals surface area contributed by atoms with Crippen molar-refractivity contribution in [3.8, 4) is 0 Å². The number of nitrogens with zero attached hydrogens (tertiary/aromatic N) is 2. The van der Waals surface area contributed by atoms with Crippen molar-refractivity contribution >= 4 is 0 Å². The molecule has 0 spiro atoms. The minimum atomic E-state index is 0.872. The van der Waals surface area contributed by atoms with E-state index in [0.29, 0.717) is 0 Å². The maximum Gasteiger partial charge on any atom is 0.122 e. The molecule has 0 aromatic carbocycles. The van der Waals surface area contributed by atoms with Crippen LogP contribution in [-0.2, 0) is 13.6 Å². The van der Waals surface area contributed by atoms with Crippen LogP contribution >= 0.6 is 0 Å². The van der Waals surface area contributed by atoms with E-state index in [-0.39, 0.29) is 0 Å². The first kappa shape index (κ1) is 8.27. The predicted octanol–water partition coefficient (Wildman–Crippen LogP) is 0.920. The Morgan fingerprint density at radius 1 is 1.64 bits per heavy atom. The largest absolute Gasteiger partial charge is 0.337 e. The number of hydrogen-bond acceptors (Lipinski definition) is 2. The molecule has 0 aliphatic heterocycles. The van der Waals surface area contributed by atoms with Crippen molar-refractivity contribution in [3.05, 3.63) is 18.2 Å². The van der Waals surface area contributed by atoms with Crippen LogP contribution in [0.25, 0.3) is 0 Å². The van der Waals surface area contributed by atoms with Crippen LogP contribution in [0.1, 0.15) is 19.2 Å². The van der Waals surface area contributed by atoms with Crippen molar-refractivity contribution in [2.24, 2.45) is 7.05 Å². The fraction of sp³-hybridized carbons (Fsp3) is 0.625. The molecule has 0 atom stereocenters. The van der Waals surface area contributed by atoms with Gasteiger partial charge in [0.2, 0.25) is 0 Å². The van der Waals surface area contributed by atoms with Crippen molar-refractivity contribution in [3.63, 3.8) is 0 Å². The molecule has 1 heterocycles. The number of nitrogens with one attached hydrogen (secondary N) is 1. The van der Waals surface area contributed by atoms with Crippen LogP contribution < -0.4 is 5.32 Å². The molecule has 3 heteroatoms. The van der Waals surface area contributed by atoms with Gasteiger partial charge in [0.05, 0.1) is 6.54 Å². The van der Waals surface area contributed by atoms with E-state index >= 15 is 0 Å². The Balaban J connectivity index is 2.32.